The van der Waals surface area contributed by atoms with Gasteiger partial charge in [0.1, 0.15) is 11.8 Å². The van der Waals surface area contributed by atoms with Gasteiger partial charge in [0.25, 0.3) is 5.56 Å². The van der Waals surface area contributed by atoms with E-state index < -0.39 is 6.04 Å². The lowest BCUT2D eigenvalue weighted by atomic mass is 9.98. The summed E-state index contributed by atoms with van der Waals surface area (Å²) in [7, 11) is 0. The monoisotopic (exact) mass is 542 g/mol. The number of aromatic amines is 1. The molecule has 202 valence electrons. The maximum Gasteiger partial charge on any atom is 0.253 e. The fourth-order valence-electron chi connectivity index (χ4n) is 4.76. The van der Waals surface area contributed by atoms with Crippen molar-refractivity contribution in [1.82, 2.24) is 30.1 Å². The molecule has 8 nitrogen and oxygen atoms in total. The molecule has 0 saturated heterocycles. The minimum Gasteiger partial charge on any atom is -0.494 e. The Morgan fingerprint density at radius 2 is 1.87 bits per heavy atom. The largest absolute Gasteiger partial charge is 0.494 e. The first-order chi connectivity index (χ1) is 18.9. The third kappa shape index (κ3) is 5.79. The molecule has 0 radical (unpaired) electrons. The van der Waals surface area contributed by atoms with Crippen molar-refractivity contribution in [1.29, 1.82) is 0 Å². The zero-order valence-electron chi connectivity index (χ0n) is 22.8. The number of tetrazole rings is 1. The van der Waals surface area contributed by atoms with Gasteiger partial charge in [-0.15, -0.1) is 16.4 Å². The van der Waals surface area contributed by atoms with Gasteiger partial charge in [-0.2, -0.15) is 0 Å². The molecule has 5 aromatic rings. The highest BCUT2D eigenvalue weighted by molar-refractivity contribution is 7.09. The minimum absolute atomic E-state index is 0.162. The summed E-state index contributed by atoms with van der Waals surface area (Å²) in [4.78, 5) is 20.4. The summed E-state index contributed by atoms with van der Waals surface area (Å²) in [6.07, 6.45) is 0.827. The number of fused-ring (bicyclic) bond motifs is 1. The van der Waals surface area contributed by atoms with Crippen molar-refractivity contribution in [2.75, 3.05) is 6.61 Å². The summed E-state index contributed by atoms with van der Waals surface area (Å²) in [6.45, 7) is 10.1. The second kappa shape index (κ2) is 11.5. The van der Waals surface area contributed by atoms with E-state index in [1.807, 2.05) is 54.1 Å². The number of benzene rings is 2. The lowest BCUT2D eigenvalue weighted by molar-refractivity contribution is 0.182. The molecule has 3 aromatic heterocycles. The maximum atomic E-state index is 13.8. The summed E-state index contributed by atoms with van der Waals surface area (Å²) in [6, 6.07) is 21.7. The normalized spacial score (nSPS) is 12.7. The molecular weight excluding hydrogens is 508 g/mol. The fraction of sp³-hybridized carbons (Fsp3) is 0.333. The Hall–Kier alpha value is -3.82. The Balaban J connectivity index is 1.72. The van der Waals surface area contributed by atoms with Gasteiger partial charge in [-0.25, -0.2) is 4.68 Å². The van der Waals surface area contributed by atoms with Crippen LogP contribution in [0.15, 0.2) is 76.9 Å². The van der Waals surface area contributed by atoms with Crippen LogP contribution >= 0.6 is 11.3 Å². The van der Waals surface area contributed by atoms with Gasteiger partial charge in [-0.3, -0.25) is 9.69 Å². The van der Waals surface area contributed by atoms with Crippen LogP contribution in [0.5, 0.6) is 5.75 Å². The van der Waals surface area contributed by atoms with Gasteiger partial charge in [0.15, 0.2) is 5.82 Å². The van der Waals surface area contributed by atoms with Crippen LogP contribution in [0.2, 0.25) is 0 Å². The first-order valence-corrected chi connectivity index (χ1v) is 14.2. The molecular formula is C30H34N6O2S. The molecule has 9 heteroatoms. The summed E-state index contributed by atoms with van der Waals surface area (Å²) >= 11 is 1.70. The molecule has 0 aliphatic heterocycles. The summed E-state index contributed by atoms with van der Waals surface area (Å²) < 4.78 is 7.63. The van der Waals surface area contributed by atoms with Crippen LogP contribution in [0, 0.1) is 0 Å². The molecule has 5 rings (SSSR count). The van der Waals surface area contributed by atoms with Gasteiger partial charge in [0, 0.05) is 34.4 Å². The third-order valence-corrected chi connectivity index (χ3v) is 8.02. The summed E-state index contributed by atoms with van der Waals surface area (Å²) in [5, 5.41) is 16.1. The molecule has 1 atom stereocenters. The molecule has 0 unspecified atom stereocenters. The van der Waals surface area contributed by atoms with Crippen LogP contribution in [0.3, 0.4) is 0 Å². The minimum atomic E-state index is -0.503. The Kier molecular flexibility index (Phi) is 7.90. The molecule has 3 heterocycles. The first-order valence-electron chi connectivity index (χ1n) is 13.3. The second-order valence-electron chi connectivity index (χ2n) is 10.2. The maximum absolute atomic E-state index is 13.8. The predicted octanol–water partition coefficient (Wildman–Crippen LogP) is 5.91. The zero-order valence-corrected chi connectivity index (χ0v) is 23.6. The van der Waals surface area contributed by atoms with Crippen molar-refractivity contribution >= 4 is 22.2 Å². The Bertz CT molecular complexity index is 1580. The molecule has 0 amide bonds. The molecule has 0 bridgehead atoms. The topological polar surface area (TPSA) is 88.9 Å². The summed E-state index contributed by atoms with van der Waals surface area (Å²) in [5.74, 6) is 1.40. The van der Waals surface area contributed by atoms with E-state index in [9.17, 15) is 4.79 Å². The smallest absolute Gasteiger partial charge is 0.253 e. The Labute approximate surface area is 232 Å². The SMILES string of the molecule is CCOc1ccc2[nH]c(=O)c([C@@H](c3nnnn3C(C)(C)CC)N(Cc3ccccc3)Cc3cccs3)cc2c1. The molecule has 1 N–H and O–H groups in total. The van der Waals surface area contributed by atoms with Gasteiger partial charge in [-0.05, 0) is 78.9 Å². The number of nitrogens with one attached hydrogen (secondary N) is 1. The number of pyridine rings is 1. The predicted molar refractivity (Wildman–Crippen MR) is 155 cm³/mol. The standard InChI is InChI=1S/C30H34N6O2S/c1-5-30(3,4)36-28(32-33-34-36)27(25-18-22-17-23(38-6-2)14-15-26(22)31-29(25)37)35(20-24-13-10-16-39-24)19-21-11-8-7-9-12-21/h7-18,27H,5-6,19-20H2,1-4H3,(H,31,37)/t27-/m0/s1. The van der Waals surface area contributed by atoms with Crippen LogP contribution in [0.1, 0.15) is 62.0 Å². The number of hydrogen-bond acceptors (Lipinski definition) is 7. The van der Waals surface area contributed by atoms with E-state index in [0.29, 0.717) is 31.1 Å². The van der Waals surface area contributed by atoms with Crippen LogP contribution in [-0.4, -0.2) is 36.7 Å². The van der Waals surface area contributed by atoms with E-state index in [1.165, 1.54) is 4.88 Å². The van der Waals surface area contributed by atoms with Crippen molar-refractivity contribution in [2.45, 2.75) is 58.8 Å². The number of thiophene rings is 1. The number of ether oxygens (including phenoxy) is 1. The van der Waals surface area contributed by atoms with Crippen LogP contribution < -0.4 is 10.3 Å². The van der Waals surface area contributed by atoms with Crippen molar-refractivity contribution < 1.29 is 4.74 Å². The van der Waals surface area contributed by atoms with Gasteiger partial charge in [-0.1, -0.05) is 43.3 Å². The van der Waals surface area contributed by atoms with Gasteiger partial charge in [0.05, 0.1) is 12.1 Å². The van der Waals surface area contributed by atoms with Crippen molar-refractivity contribution in [3.05, 3.63) is 104 Å². The quantitative estimate of drug-likeness (QED) is 0.223. The Morgan fingerprint density at radius 1 is 1.05 bits per heavy atom. The molecule has 2 aromatic carbocycles. The molecule has 0 aliphatic carbocycles. The number of rotatable bonds is 11. The van der Waals surface area contributed by atoms with E-state index >= 15 is 0 Å². The highest BCUT2D eigenvalue weighted by Gasteiger charge is 2.34. The molecule has 0 saturated carbocycles. The molecule has 0 aliphatic rings. The van der Waals surface area contributed by atoms with Crippen LogP contribution in [-0.2, 0) is 18.6 Å². The van der Waals surface area contributed by atoms with Gasteiger partial charge < -0.3 is 9.72 Å². The second-order valence-corrected chi connectivity index (χ2v) is 11.3. The Morgan fingerprint density at radius 3 is 2.59 bits per heavy atom. The molecule has 0 spiro atoms. The van der Waals surface area contributed by atoms with E-state index in [2.05, 4.69) is 75.8 Å². The first kappa shape index (κ1) is 26.8. The summed E-state index contributed by atoms with van der Waals surface area (Å²) in [5.41, 5.74) is 1.98. The van der Waals surface area contributed by atoms with Gasteiger partial charge >= 0.3 is 0 Å². The van der Waals surface area contributed by atoms with Gasteiger partial charge in [0.2, 0.25) is 0 Å². The number of H-pyrrole nitrogens is 1. The number of aromatic nitrogens is 5. The van der Waals surface area contributed by atoms with Crippen LogP contribution in [0.25, 0.3) is 10.9 Å². The van der Waals surface area contributed by atoms with Crippen molar-refractivity contribution in [3.63, 3.8) is 0 Å². The van der Waals surface area contributed by atoms with E-state index in [1.54, 1.807) is 11.3 Å². The highest BCUT2D eigenvalue weighted by Crippen LogP contribution is 2.33. The van der Waals surface area contributed by atoms with E-state index in [-0.39, 0.29) is 11.1 Å². The molecule has 39 heavy (non-hydrogen) atoms. The van der Waals surface area contributed by atoms with Crippen molar-refractivity contribution in [2.24, 2.45) is 0 Å². The average molecular weight is 543 g/mol. The lowest BCUT2D eigenvalue weighted by Crippen LogP contribution is -2.37. The van der Waals surface area contributed by atoms with E-state index in [4.69, 9.17) is 4.74 Å². The fourth-order valence-corrected chi connectivity index (χ4v) is 5.49. The molecule has 0 fully saturated rings. The van der Waals surface area contributed by atoms with E-state index in [0.717, 1.165) is 28.6 Å². The zero-order chi connectivity index (χ0) is 27.4. The van der Waals surface area contributed by atoms with Crippen molar-refractivity contribution in [3.8, 4) is 5.75 Å². The van der Waals surface area contributed by atoms with Crippen LogP contribution in [0.4, 0.5) is 0 Å². The third-order valence-electron chi connectivity index (χ3n) is 7.16. The average Bonchev–Trinajstić information content (AvgIpc) is 3.63. The lowest BCUT2D eigenvalue weighted by Gasteiger charge is -2.33. The number of hydrogen-bond donors (Lipinski definition) is 1. The number of nitrogens with zero attached hydrogens (tertiary/aromatic N) is 5. The highest BCUT2D eigenvalue weighted by atomic mass is 32.1.